The SMILES string of the molecule is O=C(CSc1nc2ccc(-c3ccccc3)cc2c(=O)n1-c1ccccc1)NC(=O)Nc1ccc2c(c1)OCO2. The number of nitrogens with zero attached hydrogens (tertiary/aromatic N) is 2. The van der Waals surface area contributed by atoms with E-state index < -0.39 is 11.9 Å². The summed E-state index contributed by atoms with van der Waals surface area (Å²) in [5.41, 5.74) is 3.23. The topological polar surface area (TPSA) is 112 Å². The zero-order valence-electron chi connectivity index (χ0n) is 21.0. The molecule has 0 saturated heterocycles. The minimum absolute atomic E-state index is 0.117. The molecule has 0 unspecified atom stereocenters. The molecule has 0 bridgehead atoms. The van der Waals surface area contributed by atoms with Crippen molar-refractivity contribution in [1.29, 1.82) is 0 Å². The van der Waals surface area contributed by atoms with Crippen molar-refractivity contribution < 1.29 is 19.1 Å². The maximum atomic E-state index is 13.8. The van der Waals surface area contributed by atoms with Crippen molar-refractivity contribution in [2.24, 2.45) is 0 Å². The van der Waals surface area contributed by atoms with Gasteiger partial charge in [0, 0.05) is 11.8 Å². The Balaban J connectivity index is 1.23. The molecule has 1 aliphatic heterocycles. The molecule has 0 atom stereocenters. The van der Waals surface area contributed by atoms with Gasteiger partial charge in [0.2, 0.25) is 12.7 Å². The summed E-state index contributed by atoms with van der Waals surface area (Å²) in [7, 11) is 0. The molecule has 0 aliphatic carbocycles. The summed E-state index contributed by atoms with van der Waals surface area (Å²) >= 11 is 1.07. The second kappa shape index (κ2) is 11.0. The molecule has 0 saturated carbocycles. The molecule has 1 aliphatic rings. The molecule has 0 fully saturated rings. The van der Waals surface area contributed by atoms with Gasteiger partial charge < -0.3 is 14.8 Å². The second-order valence-corrected chi connectivity index (χ2v) is 9.77. The number of amides is 3. The van der Waals surface area contributed by atoms with Crippen molar-refractivity contribution in [2.75, 3.05) is 17.9 Å². The van der Waals surface area contributed by atoms with Crippen LogP contribution in [0.5, 0.6) is 11.5 Å². The van der Waals surface area contributed by atoms with Crippen LogP contribution in [0.3, 0.4) is 0 Å². The van der Waals surface area contributed by atoms with E-state index in [1.165, 1.54) is 4.57 Å². The van der Waals surface area contributed by atoms with Gasteiger partial charge in [-0.25, -0.2) is 9.78 Å². The molecular formula is C30H22N4O5S. The van der Waals surface area contributed by atoms with E-state index in [1.54, 1.807) is 36.4 Å². The van der Waals surface area contributed by atoms with Gasteiger partial charge in [-0.15, -0.1) is 0 Å². The van der Waals surface area contributed by atoms with Crippen molar-refractivity contribution in [3.63, 3.8) is 0 Å². The lowest BCUT2D eigenvalue weighted by Crippen LogP contribution is -2.35. The van der Waals surface area contributed by atoms with Crippen LogP contribution in [0.4, 0.5) is 10.5 Å². The fourth-order valence-electron chi connectivity index (χ4n) is 4.31. The van der Waals surface area contributed by atoms with Gasteiger partial charge in [0.05, 0.1) is 22.3 Å². The molecular weight excluding hydrogens is 528 g/mol. The maximum absolute atomic E-state index is 13.8. The minimum atomic E-state index is -0.690. The van der Waals surface area contributed by atoms with Crippen molar-refractivity contribution in [3.05, 3.63) is 107 Å². The van der Waals surface area contributed by atoms with Gasteiger partial charge >= 0.3 is 6.03 Å². The summed E-state index contributed by atoms with van der Waals surface area (Å²) in [5.74, 6) is 0.414. The van der Waals surface area contributed by atoms with Crippen molar-refractivity contribution in [2.45, 2.75) is 5.16 Å². The van der Waals surface area contributed by atoms with Crippen molar-refractivity contribution in [1.82, 2.24) is 14.9 Å². The molecule has 1 aromatic heterocycles. The van der Waals surface area contributed by atoms with E-state index in [2.05, 4.69) is 10.6 Å². The Kier molecular flexibility index (Phi) is 6.90. The van der Waals surface area contributed by atoms with Gasteiger partial charge in [-0.3, -0.25) is 19.5 Å². The molecule has 40 heavy (non-hydrogen) atoms. The van der Waals surface area contributed by atoms with Crippen LogP contribution < -0.4 is 25.7 Å². The van der Waals surface area contributed by atoms with Crippen LogP contribution in [0.15, 0.2) is 107 Å². The quantitative estimate of drug-likeness (QED) is 0.220. The van der Waals surface area contributed by atoms with Crippen LogP contribution in [-0.2, 0) is 4.79 Å². The van der Waals surface area contributed by atoms with Crippen LogP contribution in [0.2, 0.25) is 0 Å². The molecule has 0 spiro atoms. The lowest BCUT2D eigenvalue weighted by atomic mass is 10.0. The number of nitrogens with one attached hydrogen (secondary N) is 2. The normalized spacial score (nSPS) is 11.8. The summed E-state index contributed by atoms with van der Waals surface area (Å²) in [5, 5.41) is 5.71. The van der Waals surface area contributed by atoms with E-state index in [0.717, 1.165) is 22.9 Å². The number of thioether (sulfide) groups is 1. The van der Waals surface area contributed by atoms with E-state index >= 15 is 0 Å². The van der Waals surface area contributed by atoms with Crippen LogP contribution in [0.25, 0.3) is 27.7 Å². The standard InChI is InChI=1S/C30H22N4O5S/c35-27(33-29(37)31-21-12-14-25-26(16-21)39-18-38-25)17-40-30-32-24-13-11-20(19-7-3-1-4-8-19)15-23(24)28(36)34(30)22-9-5-2-6-10-22/h1-16H,17-18H2,(H2,31,33,35,37). The molecule has 3 amide bonds. The summed E-state index contributed by atoms with van der Waals surface area (Å²) < 4.78 is 12.1. The van der Waals surface area contributed by atoms with Gasteiger partial charge in [0.15, 0.2) is 16.7 Å². The Morgan fingerprint density at radius 1 is 0.850 bits per heavy atom. The van der Waals surface area contributed by atoms with Crippen LogP contribution in [0.1, 0.15) is 0 Å². The monoisotopic (exact) mass is 550 g/mol. The first-order valence-corrected chi connectivity index (χ1v) is 13.3. The molecule has 6 rings (SSSR count). The molecule has 0 radical (unpaired) electrons. The fraction of sp³-hybridized carbons (Fsp3) is 0.0667. The fourth-order valence-corrected chi connectivity index (χ4v) is 5.12. The first-order chi connectivity index (χ1) is 19.5. The van der Waals surface area contributed by atoms with E-state index in [0.29, 0.717) is 38.9 Å². The first-order valence-electron chi connectivity index (χ1n) is 12.4. The number of imide groups is 1. The summed E-state index contributed by atoms with van der Waals surface area (Å²) in [6, 6.07) is 28.7. The number of benzene rings is 4. The summed E-state index contributed by atoms with van der Waals surface area (Å²) in [4.78, 5) is 43.5. The second-order valence-electron chi connectivity index (χ2n) is 8.83. The number of urea groups is 1. The van der Waals surface area contributed by atoms with E-state index in [4.69, 9.17) is 14.5 Å². The van der Waals surface area contributed by atoms with Crippen LogP contribution in [-0.4, -0.2) is 34.0 Å². The zero-order chi connectivity index (χ0) is 27.5. The Morgan fingerprint density at radius 3 is 2.40 bits per heavy atom. The highest BCUT2D eigenvalue weighted by Gasteiger charge is 2.18. The third kappa shape index (κ3) is 5.25. The Bertz CT molecular complexity index is 1790. The summed E-state index contributed by atoms with van der Waals surface area (Å²) in [6.07, 6.45) is 0. The molecule has 2 N–H and O–H groups in total. The molecule has 9 nitrogen and oxygen atoms in total. The van der Waals surface area contributed by atoms with Gasteiger partial charge in [0.1, 0.15) is 0 Å². The highest BCUT2D eigenvalue weighted by molar-refractivity contribution is 7.99. The average Bonchev–Trinajstić information content (AvgIpc) is 3.45. The lowest BCUT2D eigenvalue weighted by Gasteiger charge is -2.14. The number of hydrogen-bond acceptors (Lipinski definition) is 7. The minimum Gasteiger partial charge on any atom is -0.454 e. The van der Waals surface area contributed by atoms with Gasteiger partial charge in [-0.05, 0) is 47.5 Å². The molecule has 10 heteroatoms. The number of carbonyl (C=O) groups is 2. The van der Waals surface area contributed by atoms with E-state index in [1.807, 2.05) is 60.7 Å². The zero-order valence-corrected chi connectivity index (χ0v) is 21.8. The predicted octanol–water partition coefficient (Wildman–Crippen LogP) is 5.22. The van der Waals surface area contributed by atoms with Crippen molar-refractivity contribution >= 4 is 40.3 Å². The van der Waals surface area contributed by atoms with Gasteiger partial charge in [-0.1, -0.05) is 66.4 Å². The Hall–Kier alpha value is -5.09. The van der Waals surface area contributed by atoms with Gasteiger partial charge in [-0.2, -0.15) is 0 Å². The number of aromatic nitrogens is 2. The molecule has 4 aromatic carbocycles. The number of anilines is 1. The predicted molar refractivity (Wildman–Crippen MR) is 153 cm³/mol. The molecule has 2 heterocycles. The Labute approximate surface area is 232 Å². The van der Waals surface area contributed by atoms with Crippen LogP contribution in [0, 0.1) is 0 Å². The number of hydrogen-bond donors (Lipinski definition) is 2. The highest BCUT2D eigenvalue weighted by atomic mass is 32.2. The molecule has 5 aromatic rings. The number of rotatable bonds is 6. The van der Waals surface area contributed by atoms with Crippen molar-refractivity contribution in [3.8, 4) is 28.3 Å². The smallest absolute Gasteiger partial charge is 0.325 e. The van der Waals surface area contributed by atoms with Crippen LogP contribution >= 0.6 is 11.8 Å². The lowest BCUT2D eigenvalue weighted by molar-refractivity contribution is -0.117. The molecule has 198 valence electrons. The third-order valence-corrected chi connectivity index (χ3v) is 7.11. The van der Waals surface area contributed by atoms with Gasteiger partial charge in [0.25, 0.3) is 5.56 Å². The van der Waals surface area contributed by atoms with E-state index in [-0.39, 0.29) is 18.1 Å². The number of para-hydroxylation sites is 1. The third-order valence-electron chi connectivity index (χ3n) is 6.17. The average molecular weight is 551 g/mol. The Morgan fingerprint density at radius 2 is 1.60 bits per heavy atom. The number of carbonyl (C=O) groups excluding carboxylic acids is 2. The first kappa shape index (κ1) is 25.2. The van der Waals surface area contributed by atoms with E-state index in [9.17, 15) is 14.4 Å². The summed E-state index contributed by atoms with van der Waals surface area (Å²) in [6.45, 7) is 0.117. The number of ether oxygens (including phenoxy) is 2. The maximum Gasteiger partial charge on any atom is 0.325 e. The largest absolute Gasteiger partial charge is 0.454 e. The number of fused-ring (bicyclic) bond motifs is 2. The highest BCUT2D eigenvalue weighted by Crippen LogP contribution is 2.34.